The number of fused-ring (bicyclic) bond motifs is 1. The minimum absolute atomic E-state index is 0.310. The average Bonchev–Trinajstić information content (AvgIpc) is 2.66. The first-order chi connectivity index (χ1) is 11.6. The summed E-state index contributed by atoms with van der Waals surface area (Å²) in [6.45, 7) is 11.1. The van der Waals surface area contributed by atoms with Gasteiger partial charge >= 0.3 is 7.12 Å². The van der Waals surface area contributed by atoms with Gasteiger partial charge in [0.25, 0.3) is 0 Å². The zero-order valence-corrected chi connectivity index (χ0v) is 17.0. The van der Waals surface area contributed by atoms with E-state index in [9.17, 15) is 4.21 Å². The van der Waals surface area contributed by atoms with Crippen LogP contribution in [0, 0.1) is 6.92 Å². The summed E-state index contributed by atoms with van der Waals surface area (Å²) in [6.07, 6.45) is 4.63. The Hall–Kier alpha value is -0.845. The van der Waals surface area contributed by atoms with Gasteiger partial charge < -0.3 is 14.0 Å². The monoisotopic (exact) mass is 364 g/mol. The van der Waals surface area contributed by atoms with Crippen LogP contribution in [0.25, 0.3) is 0 Å². The first kappa shape index (κ1) is 18.9. The number of benzene rings is 1. The van der Waals surface area contributed by atoms with Crippen LogP contribution in [-0.2, 0) is 32.9 Å². The standard InChI is InChI=1S/C19H29BO4S/c1-13-12-16(22-10-7-11-25(6)21)14-8-9-15(14)17(13)20-23-18(2,3)19(4,5)24-20/h12H,7-11H2,1-6H3. The number of aryl methyl sites for hydroxylation is 1. The van der Waals surface area contributed by atoms with E-state index >= 15 is 0 Å². The fraction of sp³-hybridized carbons (Fsp3) is 0.684. The molecule has 1 aromatic rings. The van der Waals surface area contributed by atoms with Crippen LogP contribution in [0.3, 0.4) is 0 Å². The molecule has 0 radical (unpaired) electrons. The van der Waals surface area contributed by atoms with E-state index in [1.165, 1.54) is 16.6 Å². The molecular weight excluding hydrogens is 335 g/mol. The zero-order chi connectivity index (χ0) is 18.4. The van der Waals surface area contributed by atoms with Crippen LogP contribution < -0.4 is 10.2 Å². The molecule has 4 nitrogen and oxygen atoms in total. The molecule has 1 atom stereocenters. The molecular formula is C19H29BO4S. The van der Waals surface area contributed by atoms with E-state index in [0.29, 0.717) is 12.4 Å². The normalized spacial score (nSPS) is 21.6. The van der Waals surface area contributed by atoms with Gasteiger partial charge in [0.1, 0.15) is 5.75 Å². The Morgan fingerprint density at radius 2 is 1.76 bits per heavy atom. The fourth-order valence-corrected chi connectivity index (χ4v) is 3.93. The summed E-state index contributed by atoms with van der Waals surface area (Å²) in [6, 6.07) is 2.11. The highest BCUT2D eigenvalue weighted by molar-refractivity contribution is 7.84. The van der Waals surface area contributed by atoms with Gasteiger partial charge in [-0.25, -0.2) is 0 Å². The van der Waals surface area contributed by atoms with E-state index in [2.05, 4.69) is 40.7 Å². The van der Waals surface area contributed by atoms with Crippen molar-refractivity contribution in [3.05, 3.63) is 22.8 Å². The van der Waals surface area contributed by atoms with Crippen LogP contribution in [-0.4, -0.2) is 41.1 Å². The van der Waals surface area contributed by atoms with Crippen molar-refractivity contribution in [2.45, 2.75) is 65.1 Å². The summed E-state index contributed by atoms with van der Waals surface area (Å²) in [5, 5.41) is 0. The topological polar surface area (TPSA) is 44.8 Å². The van der Waals surface area contributed by atoms with Crippen molar-refractivity contribution in [1.29, 1.82) is 0 Å². The van der Waals surface area contributed by atoms with Gasteiger partial charge in [-0.2, -0.15) is 0 Å². The minimum Gasteiger partial charge on any atom is -0.493 e. The molecule has 0 spiro atoms. The molecule has 1 fully saturated rings. The summed E-state index contributed by atoms with van der Waals surface area (Å²) in [7, 11) is -1.07. The van der Waals surface area contributed by atoms with Crippen molar-refractivity contribution >= 4 is 23.4 Å². The summed E-state index contributed by atoms with van der Waals surface area (Å²) in [5.74, 6) is 1.66. The first-order valence-electron chi connectivity index (χ1n) is 9.06. The van der Waals surface area contributed by atoms with Crippen LogP contribution in [0.5, 0.6) is 5.75 Å². The maximum absolute atomic E-state index is 11.2. The van der Waals surface area contributed by atoms with Crippen LogP contribution in [0.2, 0.25) is 0 Å². The number of rotatable bonds is 6. The molecule has 25 heavy (non-hydrogen) atoms. The highest BCUT2D eigenvalue weighted by Crippen LogP contribution is 2.39. The van der Waals surface area contributed by atoms with Crippen LogP contribution in [0.15, 0.2) is 6.07 Å². The molecule has 0 aromatic heterocycles. The Morgan fingerprint density at radius 1 is 1.16 bits per heavy atom. The molecule has 1 saturated heterocycles. The molecule has 1 unspecified atom stereocenters. The maximum atomic E-state index is 11.2. The van der Waals surface area contributed by atoms with Crippen LogP contribution in [0.4, 0.5) is 0 Å². The predicted molar refractivity (Wildman–Crippen MR) is 103 cm³/mol. The summed E-state index contributed by atoms with van der Waals surface area (Å²) < 4.78 is 29.7. The molecule has 0 amide bonds. The maximum Gasteiger partial charge on any atom is 0.495 e. The largest absolute Gasteiger partial charge is 0.495 e. The van der Waals surface area contributed by atoms with E-state index < -0.39 is 10.8 Å². The SMILES string of the molecule is Cc1cc(OCCCS(C)=O)c2c(c1B1OC(C)(C)C(C)(C)O1)CC2. The van der Waals surface area contributed by atoms with E-state index in [1.807, 2.05) is 0 Å². The molecule has 1 aliphatic heterocycles. The van der Waals surface area contributed by atoms with E-state index in [-0.39, 0.29) is 18.3 Å². The summed E-state index contributed by atoms with van der Waals surface area (Å²) >= 11 is 0. The Kier molecular flexibility index (Phi) is 5.08. The minimum atomic E-state index is -0.757. The molecule has 6 heteroatoms. The van der Waals surface area contributed by atoms with Gasteiger partial charge in [-0.3, -0.25) is 4.21 Å². The summed E-state index contributed by atoms with van der Waals surface area (Å²) in [5.41, 5.74) is 4.30. The van der Waals surface area contributed by atoms with Crippen LogP contribution in [0.1, 0.15) is 50.8 Å². The third kappa shape index (κ3) is 3.53. The van der Waals surface area contributed by atoms with E-state index in [4.69, 9.17) is 14.0 Å². The zero-order valence-electron chi connectivity index (χ0n) is 16.2. The molecule has 0 bridgehead atoms. The van der Waals surface area contributed by atoms with Gasteiger partial charge in [-0.15, -0.1) is 0 Å². The lowest BCUT2D eigenvalue weighted by Gasteiger charge is -2.32. The molecule has 0 N–H and O–H groups in total. The van der Waals surface area contributed by atoms with E-state index in [1.54, 1.807) is 6.26 Å². The number of hydrogen-bond acceptors (Lipinski definition) is 4. The van der Waals surface area contributed by atoms with Gasteiger partial charge in [0.05, 0.1) is 17.8 Å². The number of ether oxygens (including phenoxy) is 1. The highest BCUT2D eigenvalue weighted by atomic mass is 32.2. The highest BCUT2D eigenvalue weighted by Gasteiger charge is 2.53. The predicted octanol–water partition coefficient (Wildman–Crippen LogP) is 2.54. The molecule has 1 aromatic carbocycles. The van der Waals surface area contributed by atoms with Crippen molar-refractivity contribution < 1.29 is 18.3 Å². The lowest BCUT2D eigenvalue weighted by Crippen LogP contribution is -2.41. The smallest absolute Gasteiger partial charge is 0.493 e. The van der Waals surface area contributed by atoms with Crippen molar-refractivity contribution in [2.75, 3.05) is 18.6 Å². The van der Waals surface area contributed by atoms with Crippen molar-refractivity contribution in [3.63, 3.8) is 0 Å². The lowest BCUT2D eigenvalue weighted by molar-refractivity contribution is 0.00578. The van der Waals surface area contributed by atoms with E-state index in [0.717, 1.165) is 30.6 Å². The fourth-order valence-electron chi connectivity index (χ4n) is 3.41. The van der Waals surface area contributed by atoms with Gasteiger partial charge in [0.15, 0.2) is 0 Å². The Morgan fingerprint density at radius 3 is 2.28 bits per heavy atom. The second kappa shape index (κ2) is 6.71. The molecule has 1 heterocycles. The molecule has 1 aliphatic carbocycles. The molecule has 138 valence electrons. The van der Waals surface area contributed by atoms with Gasteiger partial charge in [-0.05, 0) is 82.1 Å². The second-order valence-corrected chi connectivity index (χ2v) is 9.68. The van der Waals surface area contributed by atoms with Crippen LogP contribution >= 0.6 is 0 Å². The second-order valence-electron chi connectivity index (χ2n) is 8.13. The van der Waals surface area contributed by atoms with Gasteiger partial charge in [0.2, 0.25) is 0 Å². The average molecular weight is 364 g/mol. The third-order valence-electron chi connectivity index (χ3n) is 5.71. The molecule has 3 rings (SSSR count). The Balaban J connectivity index is 1.80. The summed E-state index contributed by atoms with van der Waals surface area (Å²) in [4.78, 5) is 0. The Bertz CT molecular complexity index is 683. The van der Waals surface area contributed by atoms with Crippen molar-refractivity contribution in [1.82, 2.24) is 0 Å². The first-order valence-corrected chi connectivity index (χ1v) is 10.8. The third-order valence-corrected chi connectivity index (χ3v) is 6.57. The van der Waals surface area contributed by atoms with Gasteiger partial charge in [-0.1, -0.05) is 0 Å². The van der Waals surface area contributed by atoms with Crippen molar-refractivity contribution in [3.8, 4) is 5.75 Å². The number of hydrogen-bond donors (Lipinski definition) is 0. The Labute approximate surface area is 154 Å². The van der Waals surface area contributed by atoms with Crippen molar-refractivity contribution in [2.24, 2.45) is 0 Å². The molecule has 0 saturated carbocycles. The van der Waals surface area contributed by atoms with Gasteiger partial charge in [0, 0.05) is 22.8 Å². The molecule has 2 aliphatic rings. The quantitative estimate of drug-likeness (QED) is 0.575. The lowest BCUT2D eigenvalue weighted by atomic mass is 9.67.